The fraction of sp³-hybridized carbons (Fsp3) is 0.280. The molecule has 7 nitrogen and oxygen atoms in total. The number of nitro benzene ring substituents is 1. The molecule has 0 saturated carbocycles. The third-order valence-electron chi connectivity index (χ3n) is 6.03. The van der Waals surface area contributed by atoms with Gasteiger partial charge in [0.05, 0.1) is 21.9 Å². The summed E-state index contributed by atoms with van der Waals surface area (Å²) in [7, 11) is 0. The summed E-state index contributed by atoms with van der Waals surface area (Å²) in [5, 5.41) is 10.5. The number of non-ortho nitro benzene ring substituents is 1. The molecule has 0 N–H and O–H groups in total. The minimum absolute atomic E-state index is 0.0985. The van der Waals surface area contributed by atoms with Gasteiger partial charge in [0.1, 0.15) is 5.82 Å². The Balaban J connectivity index is 1.65. The first-order valence-electron chi connectivity index (χ1n) is 10.8. The van der Waals surface area contributed by atoms with Crippen LogP contribution in [0.15, 0.2) is 47.4 Å². The van der Waals surface area contributed by atoms with Crippen LogP contribution in [-0.4, -0.2) is 33.1 Å². The van der Waals surface area contributed by atoms with Crippen molar-refractivity contribution in [3.8, 4) is 0 Å². The highest BCUT2D eigenvalue weighted by atomic mass is 32.2. The fourth-order valence-corrected chi connectivity index (χ4v) is 5.36. The summed E-state index contributed by atoms with van der Waals surface area (Å²) in [4.78, 5) is 39.2. The molecule has 176 valence electrons. The number of nitro groups is 1. The van der Waals surface area contributed by atoms with Crippen molar-refractivity contribution < 1.29 is 18.9 Å². The molecule has 2 aromatic carbocycles. The number of carbonyl (C=O) groups is 2. The molecule has 2 aliphatic heterocycles. The summed E-state index contributed by atoms with van der Waals surface area (Å²) >= 11 is 0.731. The Morgan fingerprint density at radius 1 is 1.21 bits per heavy atom. The molecule has 34 heavy (non-hydrogen) atoms. The topological polar surface area (TPSA) is 83.8 Å². The lowest BCUT2D eigenvalue weighted by molar-refractivity contribution is -0.384. The van der Waals surface area contributed by atoms with Crippen molar-refractivity contribution in [2.75, 3.05) is 11.4 Å². The monoisotopic (exact) mass is 481 g/mol. The molecule has 0 spiro atoms. The summed E-state index contributed by atoms with van der Waals surface area (Å²) in [6.07, 6.45) is 3.53. The number of carbonyl (C=O) groups excluding carboxylic acids is 2. The number of allylic oxidation sites excluding steroid dienone is 1. The van der Waals surface area contributed by atoms with Crippen molar-refractivity contribution in [3.63, 3.8) is 0 Å². The van der Waals surface area contributed by atoms with E-state index in [-0.39, 0.29) is 28.2 Å². The largest absolute Gasteiger partial charge is 0.363 e. The zero-order chi connectivity index (χ0) is 24.8. The molecule has 2 aromatic rings. The Labute approximate surface area is 201 Å². The van der Waals surface area contributed by atoms with Crippen molar-refractivity contribution in [2.45, 2.75) is 39.8 Å². The van der Waals surface area contributed by atoms with Crippen LogP contribution < -0.4 is 4.90 Å². The Morgan fingerprint density at radius 3 is 2.62 bits per heavy atom. The summed E-state index contributed by atoms with van der Waals surface area (Å²) in [6, 6.07) is 8.97. The third-order valence-corrected chi connectivity index (χ3v) is 6.94. The van der Waals surface area contributed by atoms with E-state index in [4.69, 9.17) is 0 Å². The van der Waals surface area contributed by atoms with E-state index in [9.17, 15) is 19.7 Å². The fourth-order valence-electron chi connectivity index (χ4n) is 4.53. The maximum Gasteiger partial charge on any atom is 0.293 e. The Kier molecular flexibility index (Phi) is 6.07. The van der Waals surface area contributed by atoms with E-state index >= 15 is 4.39 Å². The number of halogens is 1. The lowest BCUT2D eigenvalue weighted by Gasteiger charge is -2.42. The van der Waals surface area contributed by atoms with Crippen LogP contribution in [0.3, 0.4) is 0 Å². The van der Waals surface area contributed by atoms with Gasteiger partial charge in [0.2, 0.25) is 0 Å². The maximum atomic E-state index is 15.1. The molecule has 0 radical (unpaired) electrons. The Bertz CT molecular complexity index is 1280. The van der Waals surface area contributed by atoms with Gasteiger partial charge in [-0.1, -0.05) is 18.2 Å². The second kappa shape index (κ2) is 8.72. The SMILES string of the molecule is CCN1c2cc(F)c(/C=C3/SC(=O)N(Cc4cccc([N+](=O)[O-])c4)C3=O)cc2C(C)=CC1(C)C. The standard InChI is InChI=1S/C25H24FN3O4S/c1-5-28-21-12-20(26)17(10-19(21)15(2)13-25(28,3)4)11-22-23(30)27(24(31)34-22)14-16-7-6-8-18(9-16)29(32)33/h6-13H,5,14H2,1-4H3/b22-11+. The number of amides is 2. The van der Waals surface area contributed by atoms with Gasteiger partial charge in [-0.3, -0.25) is 24.6 Å². The molecule has 0 unspecified atom stereocenters. The number of hydrogen-bond donors (Lipinski definition) is 0. The van der Waals surface area contributed by atoms with Gasteiger partial charge in [0.25, 0.3) is 16.8 Å². The highest BCUT2D eigenvalue weighted by Gasteiger charge is 2.36. The van der Waals surface area contributed by atoms with Gasteiger partial charge in [-0.25, -0.2) is 4.39 Å². The second-order valence-corrected chi connectivity index (χ2v) is 9.80. The van der Waals surface area contributed by atoms with Gasteiger partial charge in [-0.05, 0) is 68.8 Å². The predicted molar refractivity (Wildman–Crippen MR) is 132 cm³/mol. The van der Waals surface area contributed by atoms with E-state index in [1.807, 2.05) is 13.8 Å². The molecule has 9 heteroatoms. The maximum absolute atomic E-state index is 15.1. The number of rotatable bonds is 5. The van der Waals surface area contributed by atoms with Crippen LogP contribution in [0.2, 0.25) is 0 Å². The Morgan fingerprint density at radius 2 is 1.94 bits per heavy atom. The number of thioether (sulfide) groups is 1. The van der Waals surface area contributed by atoms with Crippen LogP contribution in [-0.2, 0) is 11.3 Å². The van der Waals surface area contributed by atoms with Crippen molar-refractivity contribution in [3.05, 3.63) is 80.0 Å². The molecular weight excluding hydrogens is 457 g/mol. The van der Waals surface area contributed by atoms with Crippen LogP contribution in [0.4, 0.5) is 20.6 Å². The van der Waals surface area contributed by atoms with Gasteiger partial charge in [-0.15, -0.1) is 0 Å². The normalized spacial score (nSPS) is 18.4. The van der Waals surface area contributed by atoms with Crippen LogP contribution >= 0.6 is 11.8 Å². The summed E-state index contributed by atoms with van der Waals surface area (Å²) in [6.45, 7) is 8.75. The minimum Gasteiger partial charge on any atom is -0.363 e. The van der Waals surface area contributed by atoms with Gasteiger partial charge in [0.15, 0.2) is 0 Å². The van der Waals surface area contributed by atoms with Gasteiger partial charge < -0.3 is 4.90 Å². The molecule has 4 rings (SSSR count). The number of likely N-dealkylation sites (N-methyl/N-ethyl adjacent to an activating group) is 1. The number of nitrogens with zero attached hydrogens (tertiary/aromatic N) is 3. The van der Waals surface area contributed by atoms with Crippen LogP contribution in [0.25, 0.3) is 11.6 Å². The zero-order valence-corrected chi connectivity index (χ0v) is 20.1. The smallest absolute Gasteiger partial charge is 0.293 e. The highest BCUT2D eigenvalue weighted by Crippen LogP contribution is 2.41. The van der Waals surface area contributed by atoms with Crippen molar-refractivity contribution in [1.82, 2.24) is 4.90 Å². The van der Waals surface area contributed by atoms with Crippen molar-refractivity contribution >= 4 is 45.9 Å². The first-order chi connectivity index (χ1) is 16.0. The van der Waals surface area contributed by atoms with Crippen LogP contribution in [0.1, 0.15) is 44.4 Å². The quantitative estimate of drug-likeness (QED) is 0.296. The first kappa shape index (κ1) is 23.7. The zero-order valence-electron chi connectivity index (χ0n) is 19.3. The molecule has 1 fully saturated rings. The molecular formula is C25H24FN3O4S. The first-order valence-corrected chi connectivity index (χ1v) is 11.6. The van der Waals surface area contributed by atoms with Crippen LogP contribution in [0, 0.1) is 15.9 Å². The number of anilines is 1. The molecule has 2 aliphatic rings. The summed E-state index contributed by atoms with van der Waals surface area (Å²) < 4.78 is 15.1. The lowest BCUT2D eigenvalue weighted by Crippen LogP contribution is -2.45. The molecule has 0 bridgehead atoms. The van der Waals surface area contributed by atoms with Gasteiger partial charge >= 0.3 is 0 Å². The molecule has 2 heterocycles. The molecule has 0 aromatic heterocycles. The lowest BCUT2D eigenvalue weighted by atomic mass is 9.88. The van der Waals surface area contributed by atoms with Gasteiger partial charge in [-0.2, -0.15) is 0 Å². The minimum atomic E-state index is -0.554. The van der Waals surface area contributed by atoms with E-state index in [1.54, 1.807) is 12.1 Å². The Hall–Kier alpha value is -3.46. The van der Waals surface area contributed by atoms with E-state index < -0.39 is 21.9 Å². The number of benzene rings is 2. The second-order valence-electron chi connectivity index (χ2n) is 8.81. The number of hydrogen-bond acceptors (Lipinski definition) is 6. The van der Waals surface area contributed by atoms with E-state index in [1.165, 1.54) is 30.3 Å². The van der Waals surface area contributed by atoms with E-state index in [0.717, 1.165) is 33.5 Å². The average molecular weight is 482 g/mol. The summed E-state index contributed by atoms with van der Waals surface area (Å²) in [5.41, 5.74) is 2.99. The summed E-state index contributed by atoms with van der Waals surface area (Å²) in [5.74, 6) is -1.03. The van der Waals surface area contributed by atoms with E-state index in [2.05, 4.69) is 24.8 Å². The average Bonchev–Trinajstić information content (AvgIpc) is 3.02. The number of imide groups is 1. The van der Waals surface area contributed by atoms with Crippen molar-refractivity contribution in [2.24, 2.45) is 0 Å². The highest BCUT2D eigenvalue weighted by molar-refractivity contribution is 8.18. The van der Waals surface area contributed by atoms with Gasteiger partial charge in [0, 0.05) is 35.5 Å². The molecule has 2 amide bonds. The third kappa shape index (κ3) is 4.23. The number of fused-ring (bicyclic) bond motifs is 1. The molecule has 1 saturated heterocycles. The van der Waals surface area contributed by atoms with Crippen LogP contribution in [0.5, 0.6) is 0 Å². The molecule has 0 atom stereocenters. The molecule has 0 aliphatic carbocycles. The van der Waals surface area contributed by atoms with Crippen molar-refractivity contribution in [1.29, 1.82) is 0 Å². The predicted octanol–water partition coefficient (Wildman–Crippen LogP) is 5.99. The van der Waals surface area contributed by atoms with E-state index in [0.29, 0.717) is 12.1 Å².